The van der Waals surface area contributed by atoms with E-state index in [1.54, 1.807) is 30.5 Å². The zero-order valence-electron chi connectivity index (χ0n) is 15.9. The molecule has 1 heterocycles. The van der Waals surface area contributed by atoms with Crippen molar-refractivity contribution in [1.82, 2.24) is 20.7 Å². The smallest absolute Gasteiger partial charge is 0.319 e. The summed E-state index contributed by atoms with van der Waals surface area (Å²) < 4.78 is 1.86. The van der Waals surface area contributed by atoms with E-state index in [1.807, 2.05) is 35.9 Å². The topological polar surface area (TPSA) is 104 Å². The number of nitrogens with one attached hydrogen (secondary N) is 4. The lowest BCUT2D eigenvalue weighted by atomic mass is 10.1. The fourth-order valence-corrected chi connectivity index (χ4v) is 3.09. The lowest BCUT2D eigenvalue weighted by Crippen LogP contribution is -2.41. The summed E-state index contributed by atoms with van der Waals surface area (Å²) in [4.78, 5) is 36.8. The molecule has 1 aromatic heterocycles. The molecule has 1 aliphatic carbocycles. The third-order valence-corrected chi connectivity index (χ3v) is 4.73. The first kappa shape index (κ1) is 18.5. The summed E-state index contributed by atoms with van der Waals surface area (Å²) in [6.07, 6.45) is 3.70. The van der Waals surface area contributed by atoms with Crippen LogP contribution in [0, 0.1) is 0 Å². The van der Waals surface area contributed by atoms with Gasteiger partial charge in [0.1, 0.15) is 0 Å². The molecule has 0 atom stereocenters. The maximum Gasteiger partial charge on any atom is 0.319 e. The Morgan fingerprint density at radius 1 is 0.966 bits per heavy atom. The highest BCUT2D eigenvalue weighted by molar-refractivity contribution is 6.08. The van der Waals surface area contributed by atoms with E-state index in [2.05, 4.69) is 21.5 Å². The molecule has 4 rings (SSSR count). The number of aryl methyl sites for hydroxylation is 1. The Labute approximate surface area is 167 Å². The number of benzene rings is 2. The number of carbonyl (C=O) groups is 3. The zero-order valence-corrected chi connectivity index (χ0v) is 15.9. The molecule has 8 heteroatoms. The quantitative estimate of drug-likeness (QED) is 0.514. The summed E-state index contributed by atoms with van der Waals surface area (Å²) in [5.41, 5.74) is 7.06. The zero-order chi connectivity index (χ0) is 20.4. The number of carbonyl (C=O) groups excluding carboxylic acids is 3. The van der Waals surface area contributed by atoms with E-state index in [-0.39, 0.29) is 12.1 Å². The van der Waals surface area contributed by atoms with Gasteiger partial charge in [-0.1, -0.05) is 24.3 Å². The summed E-state index contributed by atoms with van der Waals surface area (Å²) in [6, 6.07) is 14.0. The number of anilines is 1. The molecule has 1 aliphatic rings. The molecule has 3 aromatic rings. The molecule has 148 valence electrons. The lowest BCUT2D eigenvalue weighted by molar-refractivity contribution is 0.0847. The molecule has 1 fully saturated rings. The molecule has 2 aromatic carbocycles. The van der Waals surface area contributed by atoms with Gasteiger partial charge >= 0.3 is 6.03 Å². The average Bonchev–Trinajstić information content (AvgIpc) is 3.47. The van der Waals surface area contributed by atoms with Crippen molar-refractivity contribution in [3.63, 3.8) is 0 Å². The van der Waals surface area contributed by atoms with Gasteiger partial charge in [0, 0.05) is 41.4 Å². The number of hydrogen-bond donors (Lipinski definition) is 4. The first-order valence-corrected chi connectivity index (χ1v) is 9.33. The maximum atomic E-state index is 12.5. The van der Waals surface area contributed by atoms with Crippen molar-refractivity contribution in [2.75, 3.05) is 5.32 Å². The molecule has 0 aliphatic heterocycles. The lowest BCUT2D eigenvalue weighted by Gasteiger charge is -2.09. The van der Waals surface area contributed by atoms with Crippen molar-refractivity contribution in [3.05, 3.63) is 65.9 Å². The first-order valence-electron chi connectivity index (χ1n) is 9.33. The van der Waals surface area contributed by atoms with Crippen molar-refractivity contribution in [2.45, 2.75) is 18.9 Å². The number of urea groups is 1. The van der Waals surface area contributed by atoms with Crippen LogP contribution in [0.1, 0.15) is 33.6 Å². The van der Waals surface area contributed by atoms with Gasteiger partial charge in [-0.05, 0) is 37.1 Å². The number of nitrogens with zero attached hydrogens (tertiary/aromatic N) is 1. The third kappa shape index (κ3) is 4.21. The van der Waals surface area contributed by atoms with Crippen LogP contribution in [0.4, 0.5) is 10.5 Å². The van der Waals surface area contributed by atoms with Crippen LogP contribution in [0.25, 0.3) is 10.9 Å². The van der Waals surface area contributed by atoms with Crippen molar-refractivity contribution >= 4 is 34.4 Å². The van der Waals surface area contributed by atoms with E-state index in [9.17, 15) is 14.4 Å². The average molecular weight is 391 g/mol. The van der Waals surface area contributed by atoms with Crippen LogP contribution in [0.2, 0.25) is 0 Å². The van der Waals surface area contributed by atoms with E-state index in [4.69, 9.17) is 0 Å². The standard InChI is InChI=1S/C21H21N5O3/c1-26-12-17(16-7-2-3-8-18(16)26)20(28)25-24-19(27)13-5-4-6-15(11-13)23-21(29)22-14-9-10-14/h2-8,11-12,14H,9-10H2,1H3,(H,24,27)(H,25,28)(H2,22,23,29). The number of fused-ring (bicyclic) bond motifs is 1. The van der Waals surface area contributed by atoms with Crippen LogP contribution in [0.5, 0.6) is 0 Å². The van der Waals surface area contributed by atoms with E-state index in [0.717, 1.165) is 23.7 Å². The van der Waals surface area contributed by atoms with Gasteiger partial charge in [-0.25, -0.2) is 4.79 Å². The van der Waals surface area contributed by atoms with Crippen LogP contribution in [-0.4, -0.2) is 28.5 Å². The molecule has 4 amide bonds. The molecular weight excluding hydrogens is 370 g/mol. The Morgan fingerprint density at radius 2 is 1.72 bits per heavy atom. The fourth-order valence-electron chi connectivity index (χ4n) is 3.09. The number of rotatable bonds is 4. The maximum absolute atomic E-state index is 12.5. The summed E-state index contributed by atoms with van der Waals surface area (Å²) in [5.74, 6) is -0.891. The van der Waals surface area contributed by atoms with E-state index in [0.29, 0.717) is 16.8 Å². The van der Waals surface area contributed by atoms with Gasteiger partial charge in [0.05, 0.1) is 5.56 Å². The molecule has 8 nitrogen and oxygen atoms in total. The van der Waals surface area contributed by atoms with Gasteiger partial charge in [-0.2, -0.15) is 0 Å². The largest absolute Gasteiger partial charge is 0.350 e. The first-order chi connectivity index (χ1) is 14.0. The summed E-state index contributed by atoms with van der Waals surface area (Å²) in [7, 11) is 1.86. The monoisotopic (exact) mass is 391 g/mol. The van der Waals surface area contributed by atoms with Crippen LogP contribution in [0.3, 0.4) is 0 Å². The SMILES string of the molecule is Cn1cc(C(=O)NNC(=O)c2cccc(NC(=O)NC3CC3)c2)c2ccccc21. The second kappa shape index (κ2) is 7.67. The van der Waals surface area contributed by atoms with Crippen molar-refractivity contribution in [3.8, 4) is 0 Å². The minimum absolute atomic E-state index is 0.241. The van der Waals surface area contributed by atoms with Gasteiger partial charge in [0.25, 0.3) is 11.8 Å². The highest BCUT2D eigenvalue weighted by Gasteiger charge is 2.23. The van der Waals surface area contributed by atoms with Gasteiger partial charge in [-0.15, -0.1) is 0 Å². The van der Waals surface area contributed by atoms with Gasteiger partial charge in [0.15, 0.2) is 0 Å². The van der Waals surface area contributed by atoms with Crippen LogP contribution >= 0.6 is 0 Å². The van der Waals surface area contributed by atoms with E-state index >= 15 is 0 Å². The Bertz CT molecular complexity index is 1100. The molecule has 0 unspecified atom stereocenters. The molecule has 4 N–H and O–H groups in total. The molecule has 29 heavy (non-hydrogen) atoms. The van der Waals surface area contributed by atoms with E-state index < -0.39 is 11.8 Å². The molecular formula is C21H21N5O3. The summed E-state index contributed by atoms with van der Waals surface area (Å²) in [6.45, 7) is 0. The summed E-state index contributed by atoms with van der Waals surface area (Å²) in [5, 5.41) is 6.32. The summed E-state index contributed by atoms with van der Waals surface area (Å²) >= 11 is 0. The number of para-hydroxylation sites is 1. The van der Waals surface area contributed by atoms with Crippen molar-refractivity contribution in [1.29, 1.82) is 0 Å². The Hall–Kier alpha value is -3.81. The van der Waals surface area contributed by atoms with E-state index in [1.165, 1.54) is 0 Å². The van der Waals surface area contributed by atoms with Crippen LogP contribution in [-0.2, 0) is 7.05 Å². The van der Waals surface area contributed by atoms with Crippen molar-refractivity contribution < 1.29 is 14.4 Å². The highest BCUT2D eigenvalue weighted by Crippen LogP contribution is 2.20. The molecule has 0 bridgehead atoms. The Morgan fingerprint density at radius 3 is 2.52 bits per heavy atom. The predicted octanol–water partition coefficient (Wildman–Crippen LogP) is 2.54. The second-order valence-electron chi connectivity index (χ2n) is 7.03. The minimum atomic E-state index is -0.482. The van der Waals surface area contributed by atoms with Gasteiger partial charge < -0.3 is 15.2 Å². The minimum Gasteiger partial charge on any atom is -0.350 e. The third-order valence-electron chi connectivity index (χ3n) is 4.73. The Kier molecular flexibility index (Phi) is 4.90. The van der Waals surface area contributed by atoms with Gasteiger partial charge in [0.2, 0.25) is 0 Å². The number of aromatic nitrogens is 1. The van der Waals surface area contributed by atoms with Crippen LogP contribution in [0.15, 0.2) is 54.7 Å². The number of hydrazine groups is 1. The normalized spacial score (nSPS) is 13.0. The number of amides is 4. The van der Waals surface area contributed by atoms with Crippen LogP contribution < -0.4 is 21.5 Å². The molecule has 1 saturated carbocycles. The van der Waals surface area contributed by atoms with Gasteiger partial charge in [-0.3, -0.25) is 20.4 Å². The molecule has 0 saturated heterocycles. The molecule has 0 radical (unpaired) electrons. The molecule has 0 spiro atoms. The Balaban J connectivity index is 1.39. The highest BCUT2D eigenvalue weighted by atomic mass is 16.2. The fraction of sp³-hybridized carbons (Fsp3) is 0.190. The van der Waals surface area contributed by atoms with Crippen molar-refractivity contribution in [2.24, 2.45) is 7.05 Å². The number of hydrogen-bond acceptors (Lipinski definition) is 3. The second-order valence-corrected chi connectivity index (χ2v) is 7.03. The predicted molar refractivity (Wildman–Crippen MR) is 109 cm³/mol.